The van der Waals surface area contributed by atoms with E-state index in [1.807, 2.05) is 37.3 Å². The summed E-state index contributed by atoms with van der Waals surface area (Å²) in [5.74, 6) is -0.763. The van der Waals surface area contributed by atoms with Gasteiger partial charge in [0.1, 0.15) is 17.9 Å². The summed E-state index contributed by atoms with van der Waals surface area (Å²) < 4.78 is 8.46. The van der Waals surface area contributed by atoms with Gasteiger partial charge < -0.3 is 4.74 Å². The lowest BCUT2D eigenvalue weighted by atomic mass is 10.1. The Bertz CT molecular complexity index is 1300. The highest BCUT2D eigenvalue weighted by Gasteiger charge is 2.36. The molecule has 1 N–H and O–H groups in total. The van der Waals surface area contributed by atoms with Crippen LogP contribution in [-0.4, -0.2) is 17.8 Å². The molecular formula is C25H17Br2IN2O4. The summed E-state index contributed by atoms with van der Waals surface area (Å²) >= 11 is 9.08. The number of imide groups is 2. The second kappa shape index (κ2) is 10.4. The third-order valence-corrected chi connectivity index (χ3v) is 6.94. The van der Waals surface area contributed by atoms with Crippen molar-refractivity contribution in [2.75, 3.05) is 4.90 Å². The normalized spacial score (nSPS) is 15.0. The quantitative estimate of drug-likeness (QED) is 0.191. The largest absolute Gasteiger partial charge is 0.487 e. The minimum Gasteiger partial charge on any atom is -0.487 e. The van der Waals surface area contributed by atoms with Crippen LogP contribution in [0.1, 0.15) is 16.7 Å². The Morgan fingerprint density at radius 3 is 2.32 bits per heavy atom. The molecule has 1 aliphatic rings. The van der Waals surface area contributed by atoms with Crippen LogP contribution in [0, 0.1) is 10.5 Å². The van der Waals surface area contributed by atoms with Crippen molar-refractivity contribution >= 4 is 84.1 Å². The van der Waals surface area contributed by atoms with Gasteiger partial charge in [-0.2, -0.15) is 0 Å². The molecule has 0 atom stereocenters. The fourth-order valence-electron chi connectivity index (χ4n) is 3.29. The number of aryl methyl sites for hydroxylation is 1. The number of halogens is 3. The maximum atomic E-state index is 13.1. The number of nitrogens with one attached hydrogen (secondary N) is 1. The molecule has 3 aromatic rings. The monoisotopic (exact) mass is 694 g/mol. The number of nitrogens with zero attached hydrogens (tertiary/aromatic N) is 1. The average Bonchev–Trinajstić information content (AvgIpc) is 2.78. The number of carbonyl (C=O) groups is 3. The van der Waals surface area contributed by atoms with Crippen molar-refractivity contribution < 1.29 is 19.1 Å². The molecule has 0 unspecified atom stereocenters. The van der Waals surface area contributed by atoms with E-state index in [1.165, 1.54) is 6.08 Å². The minimum atomic E-state index is -0.775. The first-order valence-electron chi connectivity index (χ1n) is 10.1. The molecule has 1 aliphatic heterocycles. The first-order chi connectivity index (χ1) is 16.2. The molecule has 4 amide bonds. The smallest absolute Gasteiger partial charge is 0.335 e. The van der Waals surface area contributed by atoms with E-state index < -0.39 is 17.8 Å². The fourth-order valence-corrected chi connectivity index (χ4v) is 5.32. The lowest BCUT2D eigenvalue weighted by Gasteiger charge is -2.26. The van der Waals surface area contributed by atoms with Crippen LogP contribution >= 0.6 is 54.5 Å². The molecule has 1 fully saturated rings. The van der Waals surface area contributed by atoms with Crippen LogP contribution in [0.4, 0.5) is 10.5 Å². The van der Waals surface area contributed by atoms with Crippen molar-refractivity contribution in [3.8, 4) is 5.75 Å². The molecule has 0 aromatic heterocycles. The second-order valence-corrected chi connectivity index (χ2v) is 10.5. The van der Waals surface area contributed by atoms with Gasteiger partial charge in [-0.25, -0.2) is 9.69 Å². The van der Waals surface area contributed by atoms with Crippen LogP contribution in [0.5, 0.6) is 5.75 Å². The number of benzene rings is 3. The van der Waals surface area contributed by atoms with Crippen molar-refractivity contribution in [3.63, 3.8) is 0 Å². The Morgan fingerprint density at radius 2 is 1.68 bits per heavy atom. The molecule has 1 heterocycles. The summed E-state index contributed by atoms with van der Waals surface area (Å²) in [6, 6.07) is 17.6. The number of hydrogen-bond acceptors (Lipinski definition) is 4. The number of amides is 4. The highest BCUT2D eigenvalue weighted by Crippen LogP contribution is 2.34. The maximum absolute atomic E-state index is 13.1. The molecule has 172 valence electrons. The van der Waals surface area contributed by atoms with E-state index >= 15 is 0 Å². The molecule has 3 aromatic carbocycles. The summed E-state index contributed by atoms with van der Waals surface area (Å²) in [7, 11) is 0. The number of urea groups is 1. The Balaban J connectivity index is 1.60. The van der Waals surface area contributed by atoms with Crippen molar-refractivity contribution in [2.45, 2.75) is 13.5 Å². The molecule has 0 radical (unpaired) electrons. The Hall–Kier alpha value is -2.50. The standard InChI is InChI=1S/C25H17Br2IN2O4/c1-14-2-8-18(9-3-14)30-24(32)19(23(31)29-25(30)33)10-16-11-20(27)22(21(28)12-16)34-13-15-4-6-17(26)7-5-15/h2-12H,13H2,1H3,(H,29,31,33)/b19-10+. The molecule has 4 rings (SSSR count). The van der Waals surface area contributed by atoms with Gasteiger partial charge in [0.05, 0.1) is 13.7 Å². The van der Waals surface area contributed by atoms with Crippen LogP contribution in [0.15, 0.2) is 75.2 Å². The summed E-state index contributed by atoms with van der Waals surface area (Å²) in [6.07, 6.45) is 1.47. The average molecular weight is 696 g/mol. The first kappa shape index (κ1) is 24.6. The predicted molar refractivity (Wildman–Crippen MR) is 146 cm³/mol. The van der Waals surface area contributed by atoms with Gasteiger partial charge in [-0.3, -0.25) is 14.9 Å². The molecule has 0 saturated carbocycles. The highest BCUT2D eigenvalue weighted by atomic mass is 127. The van der Waals surface area contributed by atoms with Gasteiger partial charge in [0, 0.05) is 4.47 Å². The summed E-state index contributed by atoms with van der Waals surface area (Å²) in [6.45, 7) is 2.29. The van der Waals surface area contributed by atoms with Gasteiger partial charge in [0.15, 0.2) is 0 Å². The topological polar surface area (TPSA) is 75.7 Å². The number of hydrogen-bond donors (Lipinski definition) is 1. The van der Waals surface area contributed by atoms with Crippen LogP contribution in [0.2, 0.25) is 0 Å². The van der Waals surface area contributed by atoms with Crippen molar-refractivity contribution in [1.82, 2.24) is 5.32 Å². The van der Waals surface area contributed by atoms with E-state index in [-0.39, 0.29) is 5.57 Å². The number of anilines is 1. The van der Waals surface area contributed by atoms with Crippen molar-refractivity contribution in [2.24, 2.45) is 0 Å². The first-order valence-corrected chi connectivity index (χ1v) is 12.7. The Kier molecular flexibility index (Phi) is 7.54. The van der Waals surface area contributed by atoms with Crippen LogP contribution in [-0.2, 0) is 16.2 Å². The summed E-state index contributed by atoms with van der Waals surface area (Å²) in [5, 5.41) is 2.24. The van der Waals surface area contributed by atoms with Gasteiger partial charge in [0.25, 0.3) is 11.8 Å². The molecule has 1 saturated heterocycles. The van der Waals surface area contributed by atoms with E-state index in [0.717, 1.165) is 24.1 Å². The van der Waals surface area contributed by atoms with Crippen LogP contribution in [0.25, 0.3) is 6.08 Å². The van der Waals surface area contributed by atoms with E-state index in [4.69, 9.17) is 4.74 Å². The molecule has 34 heavy (non-hydrogen) atoms. The van der Waals surface area contributed by atoms with Gasteiger partial charge in [-0.1, -0.05) is 45.8 Å². The van der Waals surface area contributed by atoms with E-state index in [2.05, 4.69) is 59.8 Å². The number of carbonyl (C=O) groups excluding carboxylic acids is 3. The zero-order valence-corrected chi connectivity index (χ0v) is 23.1. The Morgan fingerprint density at radius 1 is 1.00 bits per heavy atom. The van der Waals surface area contributed by atoms with E-state index in [0.29, 0.717) is 28.1 Å². The van der Waals surface area contributed by atoms with Gasteiger partial charge in [-0.05, 0) is 99.0 Å². The minimum absolute atomic E-state index is 0.133. The molecular weight excluding hydrogens is 679 g/mol. The number of barbiturate groups is 1. The zero-order chi connectivity index (χ0) is 24.4. The molecule has 0 spiro atoms. The van der Waals surface area contributed by atoms with E-state index in [1.54, 1.807) is 30.3 Å². The lowest BCUT2D eigenvalue weighted by Crippen LogP contribution is -2.54. The number of rotatable bonds is 5. The third kappa shape index (κ3) is 5.42. The second-order valence-electron chi connectivity index (χ2n) is 7.52. The predicted octanol–water partition coefficient (Wildman–Crippen LogP) is 6.37. The van der Waals surface area contributed by atoms with Crippen molar-refractivity contribution in [3.05, 3.63) is 95.4 Å². The fraction of sp³-hybridized carbons (Fsp3) is 0.0800. The molecule has 0 aliphatic carbocycles. The molecule has 9 heteroatoms. The highest BCUT2D eigenvalue weighted by molar-refractivity contribution is 14.1. The van der Waals surface area contributed by atoms with Gasteiger partial charge in [-0.15, -0.1) is 0 Å². The third-order valence-electron chi connectivity index (χ3n) is 5.02. The molecule has 6 nitrogen and oxygen atoms in total. The van der Waals surface area contributed by atoms with Crippen LogP contribution < -0.4 is 15.0 Å². The zero-order valence-electron chi connectivity index (χ0n) is 17.8. The molecule has 0 bridgehead atoms. The lowest BCUT2D eigenvalue weighted by molar-refractivity contribution is -0.122. The summed E-state index contributed by atoms with van der Waals surface area (Å²) in [4.78, 5) is 38.9. The van der Waals surface area contributed by atoms with Crippen molar-refractivity contribution in [1.29, 1.82) is 0 Å². The van der Waals surface area contributed by atoms with Gasteiger partial charge in [0.2, 0.25) is 0 Å². The SMILES string of the molecule is Cc1ccc(N2C(=O)NC(=O)/C(=C\c3cc(Br)c(OCc4ccc(Br)cc4)c(I)c3)C2=O)cc1. The van der Waals surface area contributed by atoms with Crippen LogP contribution in [0.3, 0.4) is 0 Å². The summed E-state index contributed by atoms with van der Waals surface area (Å²) in [5.41, 5.74) is 2.87. The van der Waals surface area contributed by atoms with E-state index in [9.17, 15) is 14.4 Å². The number of ether oxygens (including phenoxy) is 1. The maximum Gasteiger partial charge on any atom is 0.335 e. The van der Waals surface area contributed by atoms with Gasteiger partial charge >= 0.3 is 6.03 Å². The Labute approximate surface area is 226 Å².